The van der Waals surface area contributed by atoms with E-state index in [0.717, 1.165) is 13.8 Å². The quantitative estimate of drug-likeness (QED) is 0.791. The standard InChI is InChI=1S/C13H13Br2NS/c1-7-5-9(3-4-10(7)14)12(16)11-6-8(2)13(15)17-11/h3-6,12H,16H2,1-2H3. The Hall–Kier alpha value is -0.160. The third-order valence-corrected chi connectivity index (χ3v) is 5.83. The number of hydrogen-bond donors (Lipinski definition) is 1. The Morgan fingerprint density at radius 1 is 1.12 bits per heavy atom. The fourth-order valence-electron chi connectivity index (χ4n) is 1.66. The number of thiophene rings is 1. The van der Waals surface area contributed by atoms with Crippen LogP contribution in [0.15, 0.2) is 32.5 Å². The zero-order valence-corrected chi connectivity index (χ0v) is 13.6. The summed E-state index contributed by atoms with van der Waals surface area (Å²) >= 11 is 8.75. The smallest absolute Gasteiger partial charge is 0.0731 e. The van der Waals surface area contributed by atoms with Gasteiger partial charge in [0.1, 0.15) is 0 Å². The molecule has 0 amide bonds. The lowest BCUT2D eigenvalue weighted by Gasteiger charge is -2.11. The summed E-state index contributed by atoms with van der Waals surface area (Å²) in [5, 5.41) is 0. The Labute approximate surface area is 122 Å². The number of benzene rings is 1. The van der Waals surface area contributed by atoms with Gasteiger partial charge in [-0.3, -0.25) is 0 Å². The van der Waals surface area contributed by atoms with E-state index in [4.69, 9.17) is 5.73 Å². The first-order valence-corrected chi connectivity index (χ1v) is 7.66. The molecule has 1 aromatic heterocycles. The lowest BCUT2D eigenvalue weighted by molar-refractivity contribution is 0.890. The molecule has 0 saturated carbocycles. The van der Waals surface area contributed by atoms with Crippen LogP contribution in [0.25, 0.3) is 0 Å². The van der Waals surface area contributed by atoms with Crippen LogP contribution in [-0.4, -0.2) is 0 Å². The van der Waals surface area contributed by atoms with Gasteiger partial charge in [0.05, 0.1) is 9.83 Å². The molecule has 2 rings (SSSR count). The van der Waals surface area contributed by atoms with Gasteiger partial charge in [-0.2, -0.15) is 0 Å². The Morgan fingerprint density at radius 3 is 2.35 bits per heavy atom. The maximum atomic E-state index is 6.29. The lowest BCUT2D eigenvalue weighted by atomic mass is 10.0. The molecule has 0 fully saturated rings. The normalized spacial score (nSPS) is 12.8. The van der Waals surface area contributed by atoms with E-state index in [1.807, 2.05) is 0 Å². The molecule has 0 radical (unpaired) electrons. The van der Waals surface area contributed by atoms with Crippen molar-refractivity contribution in [2.24, 2.45) is 5.73 Å². The maximum Gasteiger partial charge on any atom is 0.0731 e. The van der Waals surface area contributed by atoms with Crippen molar-refractivity contribution < 1.29 is 0 Å². The van der Waals surface area contributed by atoms with Crippen LogP contribution in [0.3, 0.4) is 0 Å². The zero-order chi connectivity index (χ0) is 12.6. The summed E-state index contributed by atoms with van der Waals surface area (Å²) in [6.07, 6.45) is 0. The van der Waals surface area contributed by atoms with Gasteiger partial charge in [-0.15, -0.1) is 11.3 Å². The fourth-order valence-corrected chi connectivity index (χ4v) is 3.51. The largest absolute Gasteiger partial charge is 0.320 e. The number of hydrogen-bond acceptors (Lipinski definition) is 2. The minimum Gasteiger partial charge on any atom is -0.320 e. The van der Waals surface area contributed by atoms with Gasteiger partial charge in [0, 0.05) is 9.35 Å². The number of aryl methyl sites for hydroxylation is 2. The lowest BCUT2D eigenvalue weighted by Crippen LogP contribution is -2.10. The maximum absolute atomic E-state index is 6.29. The van der Waals surface area contributed by atoms with Crippen LogP contribution in [0, 0.1) is 13.8 Å². The average Bonchev–Trinajstić information content (AvgIpc) is 2.62. The Balaban J connectivity index is 2.36. The van der Waals surface area contributed by atoms with Gasteiger partial charge in [0.15, 0.2) is 0 Å². The third kappa shape index (κ3) is 2.81. The summed E-state index contributed by atoms with van der Waals surface area (Å²) in [5.74, 6) is 0. The molecule has 90 valence electrons. The van der Waals surface area contributed by atoms with Crippen LogP contribution in [0.4, 0.5) is 0 Å². The summed E-state index contributed by atoms with van der Waals surface area (Å²) in [5.41, 5.74) is 9.90. The predicted molar refractivity (Wildman–Crippen MR) is 81.7 cm³/mol. The molecule has 1 heterocycles. The van der Waals surface area contributed by atoms with Crippen LogP contribution < -0.4 is 5.73 Å². The van der Waals surface area contributed by atoms with E-state index in [1.54, 1.807) is 11.3 Å². The summed E-state index contributed by atoms with van der Waals surface area (Å²) < 4.78 is 2.29. The van der Waals surface area contributed by atoms with Crippen molar-refractivity contribution in [1.29, 1.82) is 0 Å². The molecule has 4 heteroatoms. The highest BCUT2D eigenvalue weighted by Gasteiger charge is 2.13. The van der Waals surface area contributed by atoms with Crippen molar-refractivity contribution in [1.82, 2.24) is 0 Å². The average molecular weight is 375 g/mol. The first kappa shape index (κ1) is 13.3. The molecule has 1 unspecified atom stereocenters. The van der Waals surface area contributed by atoms with E-state index in [0.29, 0.717) is 0 Å². The van der Waals surface area contributed by atoms with E-state index in [2.05, 4.69) is 70.0 Å². The molecule has 0 aliphatic heterocycles. The third-order valence-electron chi connectivity index (χ3n) is 2.72. The van der Waals surface area contributed by atoms with Crippen LogP contribution >= 0.6 is 43.2 Å². The van der Waals surface area contributed by atoms with Gasteiger partial charge >= 0.3 is 0 Å². The summed E-state index contributed by atoms with van der Waals surface area (Å²) in [7, 11) is 0. The van der Waals surface area contributed by atoms with E-state index >= 15 is 0 Å². The molecule has 0 aliphatic carbocycles. The van der Waals surface area contributed by atoms with Gasteiger partial charge in [-0.1, -0.05) is 28.1 Å². The molecule has 2 aromatic rings. The molecule has 17 heavy (non-hydrogen) atoms. The van der Waals surface area contributed by atoms with Crippen molar-refractivity contribution in [3.63, 3.8) is 0 Å². The molecule has 2 N–H and O–H groups in total. The van der Waals surface area contributed by atoms with Crippen molar-refractivity contribution >= 4 is 43.2 Å². The van der Waals surface area contributed by atoms with Crippen molar-refractivity contribution in [3.8, 4) is 0 Å². The molecular formula is C13H13Br2NS. The first-order valence-electron chi connectivity index (χ1n) is 5.26. The van der Waals surface area contributed by atoms with Crippen LogP contribution in [-0.2, 0) is 0 Å². The second kappa shape index (κ2) is 5.22. The number of rotatable bonds is 2. The number of nitrogens with two attached hydrogens (primary N) is 1. The highest BCUT2D eigenvalue weighted by molar-refractivity contribution is 9.11. The van der Waals surface area contributed by atoms with E-state index < -0.39 is 0 Å². The van der Waals surface area contributed by atoms with Gasteiger partial charge in [-0.25, -0.2) is 0 Å². The monoisotopic (exact) mass is 373 g/mol. The second-order valence-electron chi connectivity index (χ2n) is 4.09. The Kier molecular flexibility index (Phi) is 4.08. The molecule has 1 atom stereocenters. The highest BCUT2D eigenvalue weighted by Crippen LogP contribution is 2.33. The summed E-state index contributed by atoms with van der Waals surface area (Å²) in [6, 6.07) is 8.37. The van der Waals surface area contributed by atoms with E-state index in [-0.39, 0.29) is 6.04 Å². The first-order chi connectivity index (χ1) is 7.99. The van der Waals surface area contributed by atoms with Gasteiger partial charge in [0.2, 0.25) is 0 Å². The molecule has 0 aliphatic rings. The van der Waals surface area contributed by atoms with Gasteiger partial charge in [0.25, 0.3) is 0 Å². The van der Waals surface area contributed by atoms with Gasteiger partial charge < -0.3 is 5.73 Å². The molecule has 0 spiro atoms. The zero-order valence-electron chi connectivity index (χ0n) is 9.63. The molecule has 1 aromatic carbocycles. The van der Waals surface area contributed by atoms with E-state index in [1.165, 1.54) is 16.0 Å². The summed E-state index contributed by atoms with van der Waals surface area (Å²) in [6.45, 7) is 4.17. The Bertz CT molecular complexity index is 529. The molecule has 1 nitrogen and oxygen atoms in total. The highest BCUT2D eigenvalue weighted by atomic mass is 79.9. The van der Waals surface area contributed by atoms with Crippen molar-refractivity contribution in [2.45, 2.75) is 19.9 Å². The van der Waals surface area contributed by atoms with Crippen molar-refractivity contribution in [3.05, 3.63) is 54.1 Å². The van der Waals surface area contributed by atoms with Crippen LogP contribution in [0.2, 0.25) is 0 Å². The number of halogens is 2. The van der Waals surface area contributed by atoms with E-state index in [9.17, 15) is 0 Å². The summed E-state index contributed by atoms with van der Waals surface area (Å²) in [4.78, 5) is 1.19. The topological polar surface area (TPSA) is 26.0 Å². The van der Waals surface area contributed by atoms with Gasteiger partial charge in [-0.05, 0) is 58.6 Å². The van der Waals surface area contributed by atoms with Crippen molar-refractivity contribution in [2.75, 3.05) is 0 Å². The Morgan fingerprint density at radius 2 is 1.82 bits per heavy atom. The molecule has 0 bridgehead atoms. The SMILES string of the molecule is Cc1cc(C(N)c2cc(C)c(Br)s2)ccc1Br. The second-order valence-corrected chi connectivity index (χ2v) is 7.35. The predicted octanol–water partition coefficient (Wildman–Crippen LogP) is 4.94. The van der Waals surface area contributed by atoms with Crippen LogP contribution in [0.5, 0.6) is 0 Å². The molecule has 0 saturated heterocycles. The fraction of sp³-hybridized carbons (Fsp3) is 0.231. The minimum atomic E-state index is -0.0446. The minimum absolute atomic E-state index is 0.0446. The molecular weight excluding hydrogens is 362 g/mol. The van der Waals surface area contributed by atoms with Crippen LogP contribution in [0.1, 0.15) is 27.6 Å².